The number of aliphatic hydroxyl groups excluding tert-OH is 3. The number of aromatic hydroxyl groups is 1. The lowest BCUT2D eigenvalue weighted by Gasteiger charge is -2.31. The van der Waals surface area contributed by atoms with Crippen molar-refractivity contribution in [3.8, 4) is 34.5 Å². The summed E-state index contributed by atoms with van der Waals surface area (Å²) in [6.45, 7) is 31.3. The van der Waals surface area contributed by atoms with E-state index in [0.29, 0.717) is 93.8 Å². The largest absolute Gasteiger partial charge is 0.508 e. The molecule has 6 heterocycles. The lowest BCUT2D eigenvalue weighted by Crippen LogP contribution is -2.51. The molecule has 0 unspecified atom stereocenters. The van der Waals surface area contributed by atoms with Crippen molar-refractivity contribution in [1.82, 2.24) is 29.9 Å². The average Bonchev–Trinajstić information content (AvgIpc) is 1.75. The molecule has 6 amide bonds. The second-order valence-corrected chi connectivity index (χ2v) is 38.6. The number of azo groups is 1. The number of sulfonamides is 2. The first-order valence-corrected chi connectivity index (χ1v) is 44.1. The van der Waals surface area contributed by atoms with Gasteiger partial charge in [-0.1, -0.05) is 62.2 Å². The van der Waals surface area contributed by atoms with Crippen LogP contribution in [0.4, 0.5) is 28.8 Å². The van der Waals surface area contributed by atoms with E-state index in [4.69, 9.17) is 76.2 Å². The summed E-state index contributed by atoms with van der Waals surface area (Å²) >= 11 is 0. The Morgan fingerprint density at radius 2 is 0.870 bits per heavy atom. The monoisotopic (exact) mass is 1770 g/mol. The van der Waals surface area contributed by atoms with Crippen LogP contribution < -0.4 is 45.0 Å². The molecule has 37 nitrogen and oxygen atoms in total. The molecule has 39 heteroatoms. The molecule has 688 valence electrons. The number of phenolic OH excluding ortho intramolecular Hbond substituents is 1. The topological polar surface area (TPSA) is 469 Å². The van der Waals surface area contributed by atoms with Gasteiger partial charge in [-0.05, 0) is 206 Å². The molecule has 0 saturated carbocycles. The molecule has 0 bridgehead atoms. The standard InChI is InChI=1S/C37H53N3O12S.C28H36N2O10S.C10H18N2O4.C9H19NO3/c1-24(2)20-40(53(44,45)27-12-13-31-32(19-27)50-23-49-31)21-30(41)29(39-36(43)51-33-22-48-34-28(33)14-17-47-34)18-25-8-10-26(11-9-25)46-16-7-6-15-38-35(42)52-37(3,4)5;1-17(2)13-30(41(34,35)20-7-8-24-25(12-20)39-16-38-24)14-23(32)22(11-18-3-5-19(31)6-4-18)29-28(33)40-26-15-37-27-21(26)9-10-36-27;1-9(2,3)15-7(13)11-12-8(14)16-10(4,5)6;1-9(2,3)13-8(12)10-6-4-5-7-11/h8-13,19,24,28-30,33-34,41H,6-7,14-18,20-23H2,1-5H3,(H,38,42)(H,39,43);3-8,12,17,21-23,26-27,31-32H,9-11,13-16H2,1-2H3,(H,29,33);1-6H3;11H,4-7H2,1-3H3,(H,10,12)/t28-,29-,30+,33-,34+;21-,22-,23+,26-,27+;;/m00../s1. The van der Waals surface area contributed by atoms with E-state index < -0.39 is 128 Å². The van der Waals surface area contributed by atoms with Crippen molar-refractivity contribution in [1.29, 1.82) is 0 Å². The van der Waals surface area contributed by atoms with Gasteiger partial charge in [-0.3, -0.25) is 0 Å². The molecule has 4 saturated heterocycles. The Morgan fingerprint density at radius 1 is 0.488 bits per heavy atom. The fraction of sp³-hybridized carbons (Fsp3) is 0.643. The number of fused-ring (bicyclic) bond motifs is 4. The smallest absolute Gasteiger partial charge is 0.453 e. The molecule has 0 aromatic heterocycles. The number of hydrogen-bond donors (Lipinski definition) is 8. The number of benzene rings is 4. The molecule has 0 aliphatic carbocycles. The van der Waals surface area contributed by atoms with E-state index in [0.717, 1.165) is 17.5 Å². The zero-order chi connectivity index (χ0) is 90.6. The maximum absolute atomic E-state index is 13.9. The van der Waals surface area contributed by atoms with Crippen LogP contribution in [0.25, 0.3) is 0 Å². The highest BCUT2D eigenvalue weighted by molar-refractivity contribution is 7.89. The molecule has 6 aliphatic heterocycles. The number of rotatable bonds is 32. The summed E-state index contributed by atoms with van der Waals surface area (Å²) in [6, 6.07) is 20.5. The first kappa shape index (κ1) is 101. The van der Waals surface area contributed by atoms with Gasteiger partial charge in [-0.25, -0.2) is 45.6 Å². The third kappa shape index (κ3) is 35.1. The zero-order valence-corrected chi connectivity index (χ0v) is 74.8. The van der Waals surface area contributed by atoms with Gasteiger partial charge in [0.05, 0.1) is 79.0 Å². The number of alkyl carbamates (subject to hydrolysis) is 4. The van der Waals surface area contributed by atoms with Crippen molar-refractivity contribution in [3.63, 3.8) is 0 Å². The van der Waals surface area contributed by atoms with E-state index >= 15 is 0 Å². The quantitative estimate of drug-likeness (QED) is 0.0128. The molecule has 123 heavy (non-hydrogen) atoms. The molecule has 10 atom stereocenters. The van der Waals surface area contributed by atoms with Crippen molar-refractivity contribution < 1.29 is 137 Å². The Bertz CT molecular complexity index is 4280. The first-order valence-electron chi connectivity index (χ1n) is 41.2. The second-order valence-electron chi connectivity index (χ2n) is 34.8. The van der Waals surface area contributed by atoms with Crippen molar-refractivity contribution in [2.75, 3.05) is 92.5 Å². The van der Waals surface area contributed by atoms with E-state index in [9.17, 15) is 60.9 Å². The lowest BCUT2D eigenvalue weighted by atomic mass is 10.0. The minimum Gasteiger partial charge on any atom is -0.508 e. The van der Waals surface area contributed by atoms with Gasteiger partial charge >= 0.3 is 36.6 Å². The average molecular weight is 1780 g/mol. The van der Waals surface area contributed by atoms with Crippen LogP contribution in [-0.4, -0.2) is 246 Å². The van der Waals surface area contributed by atoms with Crippen molar-refractivity contribution in [3.05, 3.63) is 96.1 Å². The van der Waals surface area contributed by atoms with Gasteiger partial charge in [-0.2, -0.15) is 8.61 Å². The minimum atomic E-state index is -4.09. The number of nitrogens with zero attached hydrogens (tertiary/aromatic N) is 4. The van der Waals surface area contributed by atoms with Gasteiger partial charge in [0.2, 0.25) is 33.6 Å². The van der Waals surface area contributed by atoms with Gasteiger partial charge in [0.1, 0.15) is 46.1 Å². The van der Waals surface area contributed by atoms with Crippen LogP contribution >= 0.6 is 0 Å². The van der Waals surface area contributed by atoms with E-state index in [1.165, 1.54) is 51.1 Å². The Balaban J connectivity index is 0.000000260. The van der Waals surface area contributed by atoms with Crippen LogP contribution in [0.1, 0.15) is 160 Å². The number of phenols is 1. The van der Waals surface area contributed by atoms with Crippen LogP contribution in [0.2, 0.25) is 0 Å². The van der Waals surface area contributed by atoms with Crippen LogP contribution in [0, 0.1) is 23.7 Å². The van der Waals surface area contributed by atoms with E-state index in [1.54, 1.807) is 71.9 Å². The molecule has 6 aliphatic rings. The fourth-order valence-corrected chi connectivity index (χ4v) is 16.2. The van der Waals surface area contributed by atoms with Gasteiger partial charge in [0, 0.05) is 58.0 Å². The molecule has 0 radical (unpaired) electrons. The number of nitrogens with one attached hydrogen (secondary N) is 4. The number of ether oxygens (including phenoxy) is 15. The van der Waals surface area contributed by atoms with Crippen LogP contribution in [0.5, 0.6) is 34.5 Å². The van der Waals surface area contributed by atoms with E-state index in [2.05, 4.69) is 31.5 Å². The predicted octanol–water partition coefficient (Wildman–Crippen LogP) is 11.0. The van der Waals surface area contributed by atoms with Gasteiger partial charge in [0.15, 0.2) is 35.6 Å². The maximum atomic E-state index is 13.9. The molecule has 0 spiro atoms. The number of carbonyl (C=O) groups excluding carboxylic acids is 6. The van der Waals surface area contributed by atoms with Gasteiger partial charge in [0.25, 0.3) is 0 Å². The SMILES string of the molecule is CC(C)(C)OC(=O)N=NC(=O)OC(C)(C)C.CC(C)(C)OC(=O)NCCCCO.CC(C)CN(C[C@@H](O)[C@H](Cc1ccc(O)cc1)NC(=O)O[C@H]1CO[C@H]2OCC[C@H]21)S(=O)(=O)c1ccc2c(c1)OCO2.CC(C)CN(C[C@@H](O)[C@H](Cc1ccc(OCCCCNC(=O)OC(C)(C)C)cc1)NC(=O)O[C@H]1CO[C@H]2OCC[C@H]21)S(=O)(=O)c1ccc2c(c1)OCO2. The zero-order valence-electron chi connectivity index (χ0n) is 73.2. The summed E-state index contributed by atoms with van der Waals surface area (Å²) in [7, 11) is -8.14. The summed E-state index contributed by atoms with van der Waals surface area (Å²) in [4.78, 5) is 71.2. The number of aliphatic hydroxyl groups is 3. The number of amides is 6. The van der Waals surface area contributed by atoms with Crippen LogP contribution in [0.3, 0.4) is 0 Å². The Hall–Kier alpha value is -9.16. The first-order chi connectivity index (χ1) is 57.7. The van der Waals surface area contributed by atoms with Crippen molar-refractivity contribution in [2.45, 2.75) is 243 Å². The number of hydrogen-bond acceptors (Lipinski definition) is 29. The summed E-state index contributed by atoms with van der Waals surface area (Å²) in [5.41, 5.74) is -0.837. The third-order valence-electron chi connectivity index (χ3n) is 18.4. The molecule has 4 aromatic carbocycles. The van der Waals surface area contributed by atoms with E-state index in [-0.39, 0.29) is 112 Å². The molecule has 8 N–H and O–H groups in total. The highest BCUT2D eigenvalue weighted by Gasteiger charge is 2.46. The molecular formula is C84H126N8O29S2. The van der Waals surface area contributed by atoms with Crippen LogP contribution in [0.15, 0.2) is 105 Å². The number of unbranched alkanes of at least 4 members (excludes halogenated alkanes) is 2. The third-order valence-corrected chi connectivity index (χ3v) is 22.1. The second kappa shape index (κ2) is 46.7. The highest BCUT2D eigenvalue weighted by atomic mass is 32.2. The summed E-state index contributed by atoms with van der Waals surface area (Å²) < 4.78 is 139. The Kier molecular flexibility index (Phi) is 38.3. The normalized spacial score (nSPS) is 19.3. The van der Waals surface area contributed by atoms with Crippen molar-refractivity contribution in [2.24, 2.45) is 33.9 Å². The predicted molar refractivity (Wildman–Crippen MR) is 445 cm³/mol. The molecule has 4 aromatic rings. The maximum Gasteiger partial charge on any atom is 0.453 e. The van der Waals surface area contributed by atoms with E-state index in [1.807, 2.05) is 81.4 Å². The molecular weight excluding hydrogens is 1650 g/mol. The van der Waals surface area contributed by atoms with Gasteiger partial charge in [-0.15, -0.1) is 0 Å². The lowest BCUT2D eigenvalue weighted by molar-refractivity contribution is -0.0909. The summed E-state index contributed by atoms with van der Waals surface area (Å²) in [6.07, 6.45) is -3.96. The minimum absolute atomic E-state index is 0.000311. The Morgan fingerprint density at radius 3 is 1.25 bits per heavy atom. The van der Waals surface area contributed by atoms with Gasteiger partial charge < -0.3 is 113 Å². The number of carbonyl (C=O) groups is 6. The van der Waals surface area contributed by atoms with Crippen LogP contribution in [-0.2, 0) is 80.3 Å². The molecule has 10 rings (SSSR count). The van der Waals surface area contributed by atoms with Crippen molar-refractivity contribution >= 4 is 56.6 Å². The molecule has 4 fully saturated rings. The summed E-state index contributed by atoms with van der Waals surface area (Å²) in [5, 5.41) is 58.3. The summed E-state index contributed by atoms with van der Waals surface area (Å²) in [5.74, 6) is 2.01. The Labute approximate surface area is 720 Å². The fourth-order valence-electron chi connectivity index (χ4n) is 12.9. The highest BCUT2D eigenvalue weighted by Crippen LogP contribution is 2.39.